The molecule has 3 heteroatoms. The summed E-state index contributed by atoms with van der Waals surface area (Å²) in [4.78, 5) is 11.0. The zero-order valence-corrected chi connectivity index (χ0v) is 8.80. The average molecular weight is 202 g/mol. The molecule has 1 aromatic carbocycles. The van der Waals surface area contributed by atoms with Gasteiger partial charge in [-0.3, -0.25) is 4.79 Å². The second kappa shape index (κ2) is 9.23. The first-order valence-electron chi connectivity index (χ1n) is 4.00. The maximum atomic E-state index is 11.0. The van der Waals surface area contributed by atoms with Crippen molar-refractivity contribution in [1.82, 2.24) is 0 Å². The molecule has 0 amide bonds. The Morgan fingerprint density at radius 3 is 2.08 bits per heavy atom. The van der Waals surface area contributed by atoms with Gasteiger partial charge in [-0.2, -0.15) is 0 Å². The van der Waals surface area contributed by atoms with Gasteiger partial charge in [-0.25, -0.2) is 0 Å². The molecule has 13 heavy (non-hydrogen) atoms. The number of halogens is 1. The summed E-state index contributed by atoms with van der Waals surface area (Å²) in [6.45, 7) is 1.87. The van der Waals surface area contributed by atoms with Crippen molar-refractivity contribution in [2.75, 3.05) is 7.05 Å². The highest BCUT2D eigenvalue weighted by Crippen LogP contribution is 2.01. The Bertz CT molecular complexity index is 224. The molecule has 0 aliphatic carbocycles. The van der Waals surface area contributed by atoms with E-state index < -0.39 is 0 Å². The lowest BCUT2D eigenvalue weighted by atomic mass is 10.1. The highest BCUT2D eigenvalue weighted by Gasteiger charge is 1.98. The normalized spacial score (nSPS) is 7.62. The second-order valence-electron chi connectivity index (χ2n) is 2.14. The largest absolute Gasteiger partial charge is 0.333 e. The van der Waals surface area contributed by atoms with E-state index in [1.165, 1.54) is 7.05 Å². The number of hydrogen-bond acceptors (Lipinski definition) is 2. The molecule has 74 valence electrons. The first kappa shape index (κ1) is 14.7. The third-order valence-corrected chi connectivity index (χ3v) is 1.42. The summed E-state index contributed by atoms with van der Waals surface area (Å²) in [7, 11) is 1.50. The number of carbonyl (C=O) groups excluding carboxylic acids is 1. The molecular weight excluding hydrogens is 186 g/mol. The van der Waals surface area contributed by atoms with Gasteiger partial charge in [0.1, 0.15) is 0 Å². The fourth-order valence-corrected chi connectivity index (χ4v) is 0.828. The molecule has 0 aliphatic heterocycles. The topological polar surface area (TPSA) is 43.1 Å². The van der Waals surface area contributed by atoms with Crippen LogP contribution in [0.3, 0.4) is 0 Å². The molecule has 2 nitrogen and oxygen atoms in total. The summed E-state index contributed by atoms with van der Waals surface area (Å²) in [5.41, 5.74) is 5.31. The van der Waals surface area contributed by atoms with Gasteiger partial charge in [0.2, 0.25) is 0 Å². The van der Waals surface area contributed by atoms with Crippen LogP contribution in [0.1, 0.15) is 23.7 Å². The Morgan fingerprint density at radius 1 is 1.23 bits per heavy atom. The van der Waals surface area contributed by atoms with Gasteiger partial charge in [0.25, 0.3) is 0 Å². The zero-order valence-electron chi connectivity index (χ0n) is 7.99. The predicted molar refractivity (Wildman–Crippen MR) is 58.4 cm³/mol. The van der Waals surface area contributed by atoms with Crippen LogP contribution in [0, 0.1) is 0 Å². The molecule has 2 N–H and O–H groups in total. The Hall–Kier alpha value is -0.860. The van der Waals surface area contributed by atoms with Gasteiger partial charge < -0.3 is 5.73 Å². The lowest BCUT2D eigenvalue weighted by Crippen LogP contribution is -1.94. The number of hydrogen-bond donors (Lipinski definition) is 1. The Kier molecular flexibility index (Phi) is 10.4. The number of carbonyl (C=O) groups is 1. The number of Topliss-reactive ketones (excluding diaryl/α,β-unsaturated/α-hetero) is 1. The fourth-order valence-electron chi connectivity index (χ4n) is 0.828. The second-order valence-corrected chi connectivity index (χ2v) is 2.14. The van der Waals surface area contributed by atoms with Crippen LogP contribution >= 0.6 is 12.4 Å². The molecule has 0 aromatic heterocycles. The van der Waals surface area contributed by atoms with Crippen LogP contribution in [0.25, 0.3) is 0 Å². The van der Waals surface area contributed by atoms with Gasteiger partial charge >= 0.3 is 0 Å². The van der Waals surface area contributed by atoms with Crippen molar-refractivity contribution in [2.24, 2.45) is 5.73 Å². The van der Waals surface area contributed by atoms with Gasteiger partial charge in [0, 0.05) is 12.0 Å². The maximum Gasteiger partial charge on any atom is 0.162 e. The Labute approximate surface area is 85.6 Å². The van der Waals surface area contributed by atoms with E-state index in [2.05, 4.69) is 5.73 Å². The van der Waals surface area contributed by atoms with E-state index in [-0.39, 0.29) is 18.2 Å². The third-order valence-electron chi connectivity index (χ3n) is 1.42. The molecule has 0 radical (unpaired) electrons. The summed E-state index contributed by atoms with van der Waals surface area (Å²) < 4.78 is 0. The van der Waals surface area contributed by atoms with Crippen LogP contribution in [0.2, 0.25) is 0 Å². The van der Waals surface area contributed by atoms with Crippen LogP contribution in [-0.2, 0) is 0 Å². The molecule has 1 aromatic rings. The minimum Gasteiger partial charge on any atom is -0.333 e. The van der Waals surface area contributed by atoms with Crippen LogP contribution in [0.4, 0.5) is 0 Å². The predicted octanol–water partition coefficient (Wildman–Crippen LogP) is 2.28. The fraction of sp³-hybridized carbons (Fsp3) is 0.300. The van der Waals surface area contributed by atoms with Crippen LogP contribution in [0.5, 0.6) is 0 Å². The number of ketones is 1. The van der Waals surface area contributed by atoms with Gasteiger partial charge in [-0.1, -0.05) is 37.3 Å². The number of rotatable bonds is 2. The van der Waals surface area contributed by atoms with E-state index in [9.17, 15) is 4.79 Å². The molecule has 0 bridgehead atoms. The Morgan fingerprint density at radius 2 is 1.69 bits per heavy atom. The highest BCUT2D eigenvalue weighted by molar-refractivity contribution is 5.95. The minimum atomic E-state index is 0. The van der Waals surface area contributed by atoms with E-state index in [1.54, 1.807) is 0 Å². The average Bonchev–Trinajstić information content (AvgIpc) is 2.21. The standard InChI is InChI=1S/C9H10O.CH5N.ClH/c1-2-9(10)8-6-4-3-5-7-8;1-2;/h3-7H,2H2,1H3;2H2,1H3;1H. The summed E-state index contributed by atoms with van der Waals surface area (Å²) in [5, 5.41) is 0. The first-order valence-corrected chi connectivity index (χ1v) is 4.00. The summed E-state index contributed by atoms with van der Waals surface area (Å²) in [5.74, 6) is 0.209. The van der Waals surface area contributed by atoms with Crippen molar-refractivity contribution >= 4 is 18.2 Å². The van der Waals surface area contributed by atoms with Crippen LogP contribution < -0.4 is 5.73 Å². The minimum absolute atomic E-state index is 0. The van der Waals surface area contributed by atoms with Crippen molar-refractivity contribution in [2.45, 2.75) is 13.3 Å². The van der Waals surface area contributed by atoms with Crippen molar-refractivity contribution in [3.05, 3.63) is 35.9 Å². The van der Waals surface area contributed by atoms with Gasteiger partial charge in [0.15, 0.2) is 5.78 Å². The summed E-state index contributed by atoms with van der Waals surface area (Å²) in [6, 6.07) is 9.34. The van der Waals surface area contributed by atoms with Crippen molar-refractivity contribution in [3.63, 3.8) is 0 Å². The van der Waals surface area contributed by atoms with Crippen molar-refractivity contribution in [3.8, 4) is 0 Å². The quantitative estimate of drug-likeness (QED) is 0.747. The molecular formula is C10H16ClNO. The third kappa shape index (κ3) is 5.39. The van der Waals surface area contributed by atoms with E-state index in [0.29, 0.717) is 6.42 Å². The van der Waals surface area contributed by atoms with E-state index in [0.717, 1.165) is 5.56 Å². The lowest BCUT2D eigenvalue weighted by Gasteiger charge is -1.93. The SMILES string of the molecule is CCC(=O)c1ccccc1.CN.Cl. The molecule has 0 unspecified atom stereocenters. The molecule has 0 atom stereocenters. The monoisotopic (exact) mass is 201 g/mol. The van der Waals surface area contributed by atoms with Gasteiger partial charge in [-0.05, 0) is 7.05 Å². The van der Waals surface area contributed by atoms with Gasteiger partial charge in [-0.15, -0.1) is 12.4 Å². The number of benzene rings is 1. The van der Waals surface area contributed by atoms with Gasteiger partial charge in [0.05, 0.1) is 0 Å². The van der Waals surface area contributed by atoms with Crippen LogP contribution in [0.15, 0.2) is 30.3 Å². The Balaban J connectivity index is 0. The lowest BCUT2D eigenvalue weighted by molar-refractivity contribution is 0.0988. The smallest absolute Gasteiger partial charge is 0.162 e. The zero-order chi connectivity index (χ0) is 9.40. The van der Waals surface area contributed by atoms with E-state index >= 15 is 0 Å². The van der Waals surface area contributed by atoms with E-state index in [4.69, 9.17) is 0 Å². The molecule has 0 saturated heterocycles. The summed E-state index contributed by atoms with van der Waals surface area (Å²) >= 11 is 0. The van der Waals surface area contributed by atoms with Crippen LogP contribution in [-0.4, -0.2) is 12.8 Å². The molecule has 0 fully saturated rings. The van der Waals surface area contributed by atoms with Crippen molar-refractivity contribution in [1.29, 1.82) is 0 Å². The summed E-state index contributed by atoms with van der Waals surface area (Å²) in [6.07, 6.45) is 0.587. The molecule has 0 aliphatic rings. The maximum absolute atomic E-state index is 11.0. The number of nitrogens with two attached hydrogens (primary N) is 1. The molecule has 0 heterocycles. The van der Waals surface area contributed by atoms with E-state index in [1.807, 2.05) is 37.3 Å². The first-order chi connectivity index (χ1) is 5.84. The molecule has 0 saturated carbocycles. The van der Waals surface area contributed by atoms with Crippen molar-refractivity contribution < 1.29 is 4.79 Å². The highest BCUT2D eigenvalue weighted by atomic mass is 35.5. The molecule has 1 rings (SSSR count). The molecule has 0 spiro atoms.